The summed E-state index contributed by atoms with van der Waals surface area (Å²) >= 11 is 0. The van der Waals surface area contributed by atoms with E-state index in [0.29, 0.717) is 17.9 Å². The van der Waals surface area contributed by atoms with Crippen LogP contribution in [0.5, 0.6) is 0 Å². The van der Waals surface area contributed by atoms with Gasteiger partial charge in [0.05, 0.1) is 24.1 Å². The number of ether oxygens (including phenoxy) is 1. The predicted molar refractivity (Wildman–Crippen MR) is 91.5 cm³/mol. The third kappa shape index (κ3) is 2.99. The van der Waals surface area contributed by atoms with Crippen molar-refractivity contribution in [1.82, 2.24) is 0 Å². The minimum absolute atomic E-state index is 0. The number of anilines is 2. The van der Waals surface area contributed by atoms with Crippen LogP contribution in [0, 0.1) is 0 Å². The number of carbonyl (C=O) groups is 1. The molecule has 0 spiro atoms. The molecule has 0 unspecified atom stereocenters. The van der Waals surface area contributed by atoms with Gasteiger partial charge < -0.3 is 10.1 Å². The first-order valence-corrected chi connectivity index (χ1v) is 8.73. The highest BCUT2D eigenvalue weighted by Gasteiger charge is 2.31. The molecule has 124 valence electrons. The quantitative estimate of drug-likeness (QED) is 0.712. The van der Waals surface area contributed by atoms with E-state index in [-0.39, 0.29) is 12.4 Å². The molecule has 1 fully saturated rings. The molecule has 3 N–H and O–H groups in total. The molecule has 2 aliphatic rings. The minimum Gasteiger partial charge on any atom is -0.465 e. The second kappa shape index (κ2) is 6.54. The maximum absolute atomic E-state index is 11.8. The maximum atomic E-state index is 11.8. The second-order valence-electron chi connectivity index (χ2n) is 5.34. The molecule has 2 aliphatic heterocycles. The molecule has 3 rings (SSSR count). The van der Waals surface area contributed by atoms with Crippen molar-refractivity contribution in [3.8, 4) is 0 Å². The Labute approximate surface area is 137 Å². The van der Waals surface area contributed by atoms with E-state index in [1.807, 2.05) is 0 Å². The molecule has 0 atom stereocenters. The fourth-order valence-electron chi connectivity index (χ4n) is 2.94. The van der Waals surface area contributed by atoms with Gasteiger partial charge in [-0.1, -0.05) is 0 Å². The Morgan fingerprint density at radius 2 is 2.14 bits per heavy atom. The van der Waals surface area contributed by atoms with E-state index in [4.69, 9.17) is 4.74 Å². The van der Waals surface area contributed by atoms with Gasteiger partial charge in [-0.3, -0.25) is 13.4 Å². The molecular formula is C14H21ClN2O4S. The Balaban J connectivity index is 0.00000176. The lowest BCUT2D eigenvalue weighted by Crippen LogP contribution is -2.35. The zero-order valence-electron chi connectivity index (χ0n) is 12.4. The molecule has 0 amide bonds. The SMILES string of the molecule is COC(=O)c1cc2c(c(N3CCCCS3(O)O)c1)CCN2.Cl. The Hall–Kier alpha value is -1.15. The number of fused-ring (bicyclic) bond motifs is 1. The van der Waals surface area contributed by atoms with E-state index in [0.717, 1.165) is 42.7 Å². The van der Waals surface area contributed by atoms with Crippen LogP contribution >= 0.6 is 23.2 Å². The first kappa shape index (κ1) is 17.2. The van der Waals surface area contributed by atoms with Crippen LogP contribution in [0.3, 0.4) is 0 Å². The molecule has 0 aliphatic carbocycles. The number of carbonyl (C=O) groups excluding carboxylic acids is 1. The van der Waals surface area contributed by atoms with E-state index in [2.05, 4.69) is 5.32 Å². The molecule has 6 nitrogen and oxygen atoms in total. The average Bonchev–Trinajstić information content (AvgIpc) is 2.93. The van der Waals surface area contributed by atoms with Gasteiger partial charge in [-0.15, -0.1) is 23.2 Å². The summed E-state index contributed by atoms with van der Waals surface area (Å²) in [5.41, 5.74) is 3.11. The van der Waals surface area contributed by atoms with Crippen LogP contribution in [-0.2, 0) is 11.2 Å². The van der Waals surface area contributed by atoms with Crippen molar-refractivity contribution in [2.75, 3.05) is 35.6 Å². The van der Waals surface area contributed by atoms with Gasteiger partial charge in [0, 0.05) is 24.3 Å². The number of esters is 1. The van der Waals surface area contributed by atoms with Crippen LogP contribution in [0.1, 0.15) is 28.8 Å². The summed E-state index contributed by atoms with van der Waals surface area (Å²) in [4.78, 5) is 11.8. The highest BCUT2D eigenvalue weighted by atomic mass is 35.5. The molecule has 0 bridgehead atoms. The Kier molecular flexibility index (Phi) is 5.11. The van der Waals surface area contributed by atoms with Crippen molar-refractivity contribution in [3.63, 3.8) is 0 Å². The number of hydrogen-bond acceptors (Lipinski definition) is 6. The summed E-state index contributed by atoms with van der Waals surface area (Å²) in [5.74, 6) is -0.0290. The fourth-order valence-corrected chi connectivity index (χ4v) is 4.65. The summed E-state index contributed by atoms with van der Waals surface area (Å²) in [6.07, 6.45) is 2.55. The number of rotatable bonds is 2. The second-order valence-corrected chi connectivity index (χ2v) is 7.45. The molecular weight excluding hydrogens is 328 g/mol. The first-order chi connectivity index (χ1) is 10.0. The smallest absolute Gasteiger partial charge is 0.337 e. The number of nitrogens with one attached hydrogen (secondary N) is 1. The normalized spacial score (nSPS) is 20.4. The molecule has 22 heavy (non-hydrogen) atoms. The van der Waals surface area contributed by atoms with Gasteiger partial charge >= 0.3 is 5.97 Å². The third-order valence-electron chi connectivity index (χ3n) is 3.99. The van der Waals surface area contributed by atoms with Crippen LogP contribution in [0.15, 0.2) is 12.1 Å². The number of nitrogens with zero attached hydrogens (tertiary/aromatic N) is 1. The molecule has 8 heteroatoms. The van der Waals surface area contributed by atoms with Gasteiger partial charge in [0.1, 0.15) is 0 Å². The third-order valence-corrected chi connectivity index (χ3v) is 5.91. The van der Waals surface area contributed by atoms with Gasteiger partial charge in [0.25, 0.3) is 0 Å². The molecule has 1 aromatic carbocycles. The molecule has 1 saturated heterocycles. The number of benzene rings is 1. The number of methoxy groups -OCH3 is 1. The highest BCUT2D eigenvalue weighted by Crippen LogP contribution is 2.51. The summed E-state index contributed by atoms with van der Waals surface area (Å²) in [5, 5.41) is 3.24. The average molecular weight is 349 g/mol. The molecule has 1 aromatic rings. The Morgan fingerprint density at radius 1 is 1.36 bits per heavy atom. The van der Waals surface area contributed by atoms with Crippen LogP contribution in [-0.4, -0.2) is 41.0 Å². The fraction of sp³-hybridized carbons (Fsp3) is 0.500. The zero-order valence-corrected chi connectivity index (χ0v) is 14.0. The van der Waals surface area contributed by atoms with Crippen LogP contribution in [0.4, 0.5) is 11.4 Å². The monoisotopic (exact) mass is 348 g/mol. The van der Waals surface area contributed by atoms with Gasteiger partial charge in [0.2, 0.25) is 0 Å². The summed E-state index contributed by atoms with van der Waals surface area (Å²) in [6.45, 7) is 1.39. The molecule has 0 aromatic heterocycles. The van der Waals surface area contributed by atoms with Gasteiger partial charge in [0.15, 0.2) is 0 Å². The largest absolute Gasteiger partial charge is 0.465 e. The Morgan fingerprint density at radius 3 is 2.82 bits per heavy atom. The van der Waals surface area contributed by atoms with E-state index in [1.54, 1.807) is 16.4 Å². The first-order valence-electron chi connectivity index (χ1n) is 7.05. The number of halogens is 1. The summed E-state index contributed by atoms with van der Waals surface area (Å²) in [6, 6.07) is 3.49. The van der Waals surface area contributed by atoms with Gasteiger partial charge in [-0.05, 0) is 31.4 Å². The van der Waals surface area contributed by atoms with Crippen molar-refractivity contribution in [3.05, 3.63) is 23.3 Å². The standard InChI is InChI=1S/C14H20N2O4S.ClH/c1-20-14(17)10-8-12-11(4-5-15-12)13(9-10)16-6-2-3-7-21(16,18)19;/h8-9,15,18-19H,2-7H2,1H3;1H. The van der Waals surface area contributed by atoms with Crippen molar-refractivity contribution >= 4 is 40.5 Å². The topological polar surface area (TPSA) is 82.0 Å². The lowest BCUT2D eigenvalue weighted by atomic mass is 10.1. The predicted octanol–water partition coefficient (Wildman–Crippen LogP) is 3.13. The molecule has 0 saturated carbocycles. The van der Waals surface area contributed by atoms with Gasteiger partial charge in [-0.25, -0.2) is 4.79 Å². The van der Waals surface area contributed by atoms with Crippen molar-refractivity contribution in [2.45, 2.75) is 19.3 Å². The van der Waals surface area contributed by atoms with E-state index < -0.39 is 16.7 Å². The lowest BCUT2D eigenvalue weighted by molar-refractivity contribution is 0.0601. The summed E-state index contributed by atoms with van der Waals surface area (Å²) in [7, 11) is -1.45. The van der Waals surface area contributed by atoms with E-state index in [1.165, 1.54) is 7.11 Å². The lowest BCUT2D eigenvalue weighted by Gasteiger charge is -2.48. The van der Waals surface area contributed by atoms with Crippen LogP contribution < -0.4 is 9.62 Å². The van der Waals surface area contributed by atoms with Crippen molar-refractivity contribution in [1.29, 1.82) is 0 Å². The highest BCUT2D eigenvalue weighted by molar-refractivity contribution is 8.25. The van der Waals surface area contributed by atoms with Crippen molar-refractivity contribution in [2.24, 2.45) is 0 Å². The van der Waals surface area contributed by atoms with E-state index >= 15 is 0 Å². The van der Waals surface area contributed by atoms with Gasteiger partial charge in [-0.2, -0.15) is 0 Å². The Bertz CT molecular complexity index is 582. The maximum Gasteiger partial charge on any atom is 0.337 e. The van der Waals surface area contributed by atoms with Crippen LogP contribution in [0.25, 0.3) is 0 Å². The van der Waals surface area contributed by atoms with Crippen molar-refractivity contribution < 1.29 is 18.6 Å². The molecule has 0 radical (unpaired) electrons. The van der Waals surface area contributed by atoms with Crippen LogP contribution in [0.2, 0.25) is 0 Å². The summed E-state index contributed by atoms with van der Waals surface area (Å²) < 4.78 is 27.1. The minimum atomic E-state index is -2.79. The van der Waals surface area contributed by atoms with E-state index in [9.17, 15) is 13.9 Å². The zero-order chi connectivity index (χ0) is 15.0. The molecule has 2 heterocycles. The number of hydrogen-bond donors (Lipinski definition) is 3.